The lowest BCUT2D eigenvalue weighted by Gasteiger charge is -2.40. The van der Waals surface area contributed by atoms with Crippen LogP contribution in [0.4, 0.5) is 5.82 Å². The van der Waals surface area contributed by atoms with Crippen molar-refractivity contribution in [3.8, 4) is 0 Å². The molecule has 0 atom stereocenters. The molecule has 3 N–H and O–H groups in total. The lowest BCUT2D eigenvalue weighted by molar-refractivity contribution is 0.330. The Hall–Kier alpha value is -2.11. The molecule has 0 unspecified atom stereocenters. The summed E-state index contributed by atoms with van der Waals surface area (Å²) < 4.78 is 0. The van der Waals surface area contributed by atoms with Crippen LogP contribution in [0.1, 0.15) is 18.4 Å². The maximum Gasteiger partial charge on any atom is 0.142 e. The number of hydrogen-bond acceptors (Lipinski definition) is 4. The fraction of sp³-hybridized carbons (Fsp3) is 0.333. The van der Waals surface area contributed by atoms with Gasteiger partial charge in [-0.25, -0.2) is 9.97 Å². The van der Waals surface area contributed by atoms with Crippen molar-refractivity contribution in [2.24, 2.45) is 5.73 Å². The summed E-state index contributed by atoms with van der Waals surface area (Å²) in [5.41, 5.74) is 8.46. The summed E-state index contributed by atoms with van der Waals surface area (Å²) in [5, 5.41) is 1.86. The van der Waals surface area contributed by atoms with E-state index in [4.69, 9.17) is 17.3 Å². The van der Waals surface area contributed by atoms with Crippen molar-refractivity contribution >= 4 is 28.5 Å². The first-order valence-corrected chi connectivity index (χ1v) is 8.58. The fourth-order valence-corrected chi connectivity index (χ4v) is 3.67. The van der Waals surface area contributed by atoms with Crippen LogP contribution in [0.2, 0.25) is 5.02 Å². The largest absolute Gasteiger partial charge is 0.356 e. The molecule has 24 heavy (non-hydrogen) atoms. The maximum absolute atomic E-state index is 6.67. The van der Waals surface area contributed by atoms with Crippen LogP contribution >= 0.6 is 11.6 Å². The quantitative estimate of drug-likeness (QED) is 0.767. The Labute approximate surface area is 145 Å². The van der Waals surface area contributed by atoms with E-state index in [9.17, 15) is 0 Å². The van der Waals surface area contributed by atoms with Crippen LogP contribution in [-0.4, -0.2) is 33.6 Å². The molecule has 2 aromatic heterocycles. The number of anilines is 1. The van der Waals surface area contributed by atoms with Gasteiger partial charge in [0.25, 0.3) is 0 Å². The van der Waals surface area contributed by atoms with Crippen LogP contribution in [0.25, 0.3) is 11.0 Å². The molecule has 1 saturated heterocycles. The summed E-state index contributed by atoms with van der Waals surface area (Å²) >= 11 is 6.30. The molecule has 0 bridgehead atoms. The van der Waals surface area contributed by atoms with Gasteiger partial charge in [0.2, 0.25) is 0 Å². The first kappa shape index (κ1) is 15.4. The highest BCUT2D eigenvalue weighted by atomic mass is 35.5. The Morgan fingerprint density at radius 3 is 2.75 bits per heavy atom. The number of piperidine rings is 1. The van der Waals surface area contributed by atoms with Gasteiger partial charge in [-0.1, -0.05) is 29.8 Å². The zero-order chi connectivity index (χ0) is 16.6. The molecular weight excluding hydrogens is 322 g/mol. The van der Waals surface area contributed by atoms with Crippen molar-refractivity contribution in [2.45, 2.75) is 24.8 Å². The second-order valence-corrected chi connectivity index (χ2v) is 6.96. The molecule has 1 aromatic carbocycles. The van der Waals surface area contributed by atoms with E-state index in [2.05, 4.69) is 25.9 Å². The number of hydrogen-bond donors (Lipinski definition) is 2. The number of aromatic amines is 1. The van der Waals surface area contributed by atoms with E-state index in [0.29, 0.717) is 0 Å². The second kappa shape index (κ2) is 6.07. The Kier molecular flexibility index (Phi) is 3.90. The van der Waals surface area contributed by atoms with E-state index < -0.39 is 0 Å². The molecule has 4 rings (SSSR count). The molecule has 1 fully saturated rings. The first-order chi connectivity index (χ1) is 11.6. The number of benzene rings is 1. The first-order valence-electron chi connectivity index (χ1n) is 8.20. The van der Waals surface area contributed by atoms with Crippen molar-refractivity contribution in [3.05, 3.63) is 53.4 Å². The molecule has 3 aromatic rings. The minimum absolute atomic E-state index is 0.216. The third-order valence-corrected chi connectivity index (χ3v) is 5.26. The molecule has 0 aliphatic carbocycles. The average Bonchev–Trinajstić information content (AvgIpc) is 3.06. The van der Waals surface area contributed by atoms with Crippen LogP contribution in [0.3, 0.4) is 0 Å². The zero-order valence-corrected chi connectivity index (χ0v) is 14.1. The van der Waals surface area contributed by atoms with Crippen LogP contribution in [-0.2, 0) is 6.42 Å². The predicted octanol–water partition coefficient (Wildman–Crippen LogP) is 3.15. The highest BCUT2D eigenvalue weighted by Crippen LogP contribution is 2.31. The average molecular weight is 342 g/mol. The van der Waals surface area contributed by atoms with Gasteiger partial charge in [0, 0.05) is 29.8 Å². The molecule has 0 radical (unpaired) electrons. The Morgan fingerprint density at radius 1 is 1.17 bits per heavy atom. The molecule has 124 valence electrons. The smallest absolute Gasteiger partial charge is 0.142 e. The van der Waals surface area contributed by atoms with Crippen molar-refractivity contribution in [1.29, 1.82) is 0 Å². The second-order valence-electron chi connectivity index (χ2n) is 6.55. The van der Waals surface area contributed by atoms with Gasteiger partial charge in [0.05, 0.1) is 5.39 Å². The topological polar surface area (TPSA) is 70.8 Å². The van der Waals surface area contributed by atoms with Crippen molar-refractivity contribution in [3.63, 3.8) is 0 Å². The molecular formula is C18H20ClN5. The van der Waals surface area contributed by atoms with E-state index in [1.165, 1.54) is 0 Å². The number of rotatable bonds is 3. The van der Waals surface area contributed by atoms with Gasteiger partial charge in [-0.3, -0.25) is 0 Å². The molecule has 1 aliphatic heterocycles. The molecule has 6 heteroatoms. The predicted molar refractivity (Wildman–Crippen MR) is 97.4 cm³/mol. The van der Waals surface area contributed by atoms with Crippen molar-refractivity contribution in [1.82, 2.24) is 15.0 Å². The summed E-state index contributed by atoms with van der Waals surface area (Å²) in [6.45, 7) is 1.77. The number of H-pyrrole nitrogens is 1. The third-order valence-electron chi connectivity index (χ3n) is 4.89. The summed E-state index contributed by atoms with van der Waals surface area (Å²) in [5.74, 6) is 0.987. The number of nitrogens with two attached hydrogens (primary N) is 1. The maximum atomic E-state index is 6.67. The molecule has 3 heterocycles. The monoisotopic (exact) mass is 341 g/mol. The van der Waals surface area contributed by atoms with Crippen LogP contribution in [0, 0.1) is 0 Å². The van der Waals surface area contributed by atoms with Crippen LogP contribution in [0.5, 0.6) is 0 Å². The van der Waals surface area contributed by atoms with Gasteiger partial charge in [0.1, 0.15) is 17.8 Å². The number of aromatic nitrogens is 3. The normalized spacial score (nSPS) is 17.3. The highest BCUT2D eigenvalue weighted by molar-refractivity contribution is 6.31. The van der Waals surface area contributed by atoms with Gasteiger partial charge in [-0.05, 0) is 37.0 Å². The molecule has 1 aliphatic rings. The zero-order valence-electron chi connectivity index (χ0n) is 13.4. The Morgan fingerprint density at radius 2 is 1.96 bits per heavy atom. The summed E-state index contributed by atoms with van der Waals surface area (Å²) in [6.07, 6.45) is 6.14. The van der Waals surface area contributed by atoms with Crippen LogP contribution < -0.4 is 10.6 Å². The molecule has 5 nitrogen and oxygen atoms in total. The highest BCUT2D eigenvalue weighted by Gasteiger charge is 2.32. The Balaban J connectivity index is 1.50. The van der Waals surface area contributed by atoms with E-state index in [0.717, 1.165) is 59.8 Å². The molecule has 0 saturated carbocycles. The lowest BCUT2D eigenvalue weighted by atomic mass is 9.83. The third kappa shape index (κ3) is 2.85. The van der Waals surface area contributed by atoms with Gasteiger partial charge in [0.15, 0.2) is 0 Å². The number of nitrogens with one attached hydrogen (secondary N) is 1. The van der Waals surface area contributed by atoms with Crippen LogP contribution in [0.15, 0.2) is 42.9 Å². The SMILES string of the molecule is NC1(Cc2ccccc2Cl)CCN(c2ncnc3[nH]ccc23)CC1. The Bertz CT molecular complexity index is 851. The number of nitrogens with zero attached hydrogens (tertiary/aromatic N) is 3. The van der Waals surface area contributed by atoms with E-state index in [1.54, 1.807) is 6.33 Å². The van der Waals surface area contributed by atoms with Gasteiger partial charge >= 0.3 is 0 Å². The van der Waals surface area contributed by atoms with Crippen molar-refractivity contribution < 1.29 is 0 Å². The summed E-state index contributed by atoms with van der Waals surface area (Å²) in [7, 11) is 0. The minimum Gasteiger partial charge on any atom is -0.356 e. The van der Waals surface area contributed by atoms with E-state index in [1.807, 2.05) is 30.5 Å². The summed E-state index contributed by atoms with van der Waals surface area (Å²) in [4.78, 5) is 14.2. The standard InChI is InChI=1S/C18H20ClN5/c19-15-4-2-1-3-13(15)11-18(20)6-9-24(10-7-18)17-14-5-8-21-16(14)22-12-23-17/h1-5,8,12H,6-7,9-11,20H2,(H,21,22,23). The van der Waals surface area contributed by atoms with E-state index >= 15 is 0 Å². The number of fused-ring (bicyclic) bond motifs is 1. The van der Waals surface area contributed by atoms with Gasteiger partial charge < -0.3 is 15.6 Å². The summed E-state index contributed by atoms with van der Waals surface area (Å²) in [6, 6.07) is 9.99. The minimum atomic E-state index is -0.216. The van der Waals surface area contributed by atoms with E-state index in [-0.39, 0.29) is 5.54 Å². The van der Waals surface area contributed by atoms with Crippen molar-refractivity contribution in [2.75, 3.05) is 18.0 Å². The van der Waals surface area contributed by atoms with Gasteiger partial charge in [-0.15, -0.1) is 0 Å². The fourth-order valence-electron chi connectivity index (χ4n) is 3.47. The molecule has 0 spiro atoms. The number of halogens is 1. The van der Waals surface area contributed by atoms with Gasteiger partial charge in [-0.2, -0.15) is 0 Å². The lowest BCUT2D eigenvalue weighted by Crippen LogP contribution is -2.52. The molecule has 0 amide bonds.